The minimum atomic E-state index is -0.305. The Balaban J connectivity index is 1.73. The van der Waals surface area contributed by atoms with Gasteiger partial charge < -0.3 is 10.2 Å². The summed E-state index contributed by atoms with van der Waals surface area (Å²) in [4.78, 5) is 0.625. The molecule has 8 atom stereocenters. The summed E-state index contributed by atoms with van der Waals surface area (Å²) in [6.07, 6.45) is 9.46. The van der Waals surface area contributed by atoms with E-state index < -0.39 is 0 Å². The number of hydrogen-bond acceptors (Lipinski definition) is 2. The van der Waals surface area contributed by atoms with Crippen molar-refractivity contribution in [2.75, 3.05) is 0 Å². The third kappa shape index (κ3) is 2.11. The standard InChI is InChI=1S/C19H29BrO2/c1-18-5-4-14-17(15(18)9-12(20)10-18)16(22)8-11-7-13(21)3-6-19(11,14)2/h8,12-17,21-22H,3-7,9-10H2,1-2H3/t12-,13+,14+,15+,16+,17-,18-,19+/m1/s1. The Hall–Kier alpha value is 0.140. The summed E-state index contributed by atoms with van der Waals surface area (Å²) in [6, 6.07) is 0. The lowest BCUT2D eigenvalue weighted by Crippen LogP contribution is -2.53. The first-order valence-electron chi connectivity index (χ1n) is 9.05. The van der Waals surface area contributed by atoms with Crippen molar-refractivity contribution in [1.29, 1.82) is 0 Å². The van der Waals surface area contributed by atoms with Crippen molar-refractivity contribution in [3.63, 3.8) is 0 Å². The van der Waals surface area contributed by atoms with E-state index in [-0.39, 0.29) is 17.6 Å². The van der Waals surface area contributed by atoms with Crippen LogP contribution >= 0.6 is 15.9 Å². The van der Waals surface area contributed by atoms with Gasteiger partial charge in [-0.05, 0) is 73.5 Å². The van der Waals surface area contributed by atoms with Crippen LogP contribution in [0.15, 0.2) is 11.6 Å². The van der Waals surface area contributed by atoms with Crippen LogP contribution < -0.4 is 0 Å². The summed E-state index contributed by atoms with van der Waals surface area (Å²) >= 11 is 3.86. The van der Waals surface area contributed by atoms with Crippen LogP contribution in [0.25, 0.3) is 0 Å². The highest BCUT2D eigenvalue weighted by molar-refractivity contribution is 9.09. The predicted molar refractivity (Wildman–Crippen MR) is 91.8 cm³/mol. The highest BCUT2D eigenvalue weighted by atomic mass is 79.9. The molecule has 3 heteroatoms. The minimum absolute atomic E-state index is 0.199. The van der Waals surface area contributed by atoms with E-state index in [1.54, 1.807) is 0 Å². The van der Waals surface area contributed by atoms with E-state index in [1.807, 2.05) is 0 Å². The van der Waals surface area contributed by atoms with E-state index in [0.717, 1.165) is 19.3 Å². The zero-order valence-electron chi connectivity index (χ0n) is 13.8. The molecule has 0 unspecified atom stereocenters. The minimum Gasteiger partial charge on any atom is -0.393 e. The van der Waals surface area contributed by atoms with Crippen LogP contribution in [0.3, 0.4) is 0 Å². The van der Waals surface area contributed by atoms with Gasteiger partial charge in [-0.3, -0.25) is 0 Å². The van der Waals surface area contributed by atoms with Gasteiger partial charge in [-0.15, -0.1) is 0 Å². The Morgan fingerprint density at radius 1 is 1.14 bits per heavy atom. The maximum absolute atomic E-state index is 10.9. The SMILES string of the molecule is C[C@]12CC[C@H]3[C@@H]([C@@H](O)C=C4C[C@@H](O)CC[C@@]43C)[C@@H]1C[C@@H](Br)C2. The van der Waals surface area contributed by atoms with E-state index in [0.29, 0.717) is 28.0 Å². The number of rotatable bonds is 0. The number of aliphatic hydroxyl groups excluding tert-OH is 2. The van der Waals surface area contributed by atoms with Crippen LogP contribution in [0.1, 0.15) is 58.8 Å². The Labute approximate surface area is 142 Å². The maximum atomic E-state index is 10.9. The maximum Gasteiger partial charge on any atom is 0.0757 e. The Morgan fingerprint density at radius 2 is 1.91 bits per heavy atom. The molecule has 4 aliphatic rings. The Bertz CT molecular complexity index is 504. The highest BCUT2D eigenvalue weighted by Gasteiger charge is 2.59. The number of halogens is 1. The molecule has 2 nitrogen and oxygen atoms in total. The lowest BCUT2D eigenvalue weighted by Gasteiger charge is -2.58. The van der Waals surface area contributed by atoms with Crippen LogP contribution in [-0.4, -0.2) is 27.2 Å². The lowest BCUT2D eigenvalue weighted by atomic mass is 9.47. The Morgan fingerprint density at radius 3 is 2.68 bits per heavy atom. The topological polar surface area (TPSA) is 40.5 Å². The number of hydrogen-bond donors (Lipinski definition) is 2. The van der Waals surface area contributed by atoms with E-state index >= 15 is 0 Å². The van der Waals surface area contributed by atoms with Crippen LogP contribution in [0.2, 0.25) is 0 Å². The summed E-state index contributed by atoms with van der Waals surface area (Å²) < 4.78 is 0. The fraction of sp³-hybridized carbons (Fsp3) is 0.895. The molecule has 0 spiro atoms. The molecule has 22 heavy (non-hydrogen) atoms. The molecule has 0 aromatic heterocycles. The molecule has 0 aromatic carbocycles. The second-order valence-electron chi connectivity index (χ2n) is 9.02. The molecule has 0 bridgehead atoms. The van der Waals surface area contributed by atoms with Gasteiger partial charge in [-0.1, -0.05) is 41.4 Å². The predicted octanol–water partition coefficient (Wildman–Crippen LogP) is 4.04. The van der Waals surface area contributed by atoms with Gasteiger partial charge in [0.25, 0.3) is 0 Å². The first kappa shape index (κ1) is 15.7. The molecule has 4 aliphatic carbocycles. The highest BCUT2D eigenvalue weighted by Crippen LogP contribution is 2.65. The average Bonchev–Trinajstić information content (AvgIpc) is 2.75. The second kappa shape index (κ2) is 5.07. The first-order chi connectivity index (χ1) is 10.3. The second-order valence-corrected chi connectivity index (χ2v) is 10.3. The molecule has 0 aliphatic heterocycles. The van der Waals surface area contributed by atoms with Gasteiger partial charge in [0.2, 0.25) is 0 Å². The van der Waals surface area contributed by atoms with Gasteiger partial charge in [-0.2, -0.15) is 0 Å². The molecule has 2 N–H and O–H groups in total. The molecule has 4 rings (SSSR count). The summed E-state index contributed by atoms with van der Waals surface area (Å²) in [7, 11) is 0. The third-order valence-electron chi connectivity index (χ3n) is 7.82. The van der Waals surface area contributed by atoms with Crippen molar-refractivity contribution < 1.29 is 10.2 Å². The van der Waals surface area contributed by atoms with Crippen LogP contribution in [0.5, 0.6) is 0 Å². The summed E-state index contributed by atoms with van der Waals surface area (Å²) in [5.41, 5.74) is 1.97. The molecule has 0 heterocycles. The molecule has 3 saturated carbocycles. The van der Waals surface area contributed by atoms with Gasteiger partial charge in [0.05, 0.1) is 12.2 Å². The van der Waals surface area contributed by atoms with E-state index in [4.69, 9.17) is 0 Å². The molecule has 0 saturated heterocycles. The molecular weight excluding hydrogens is 340 g/mol. The molecule has 124 valence electrons. The van der Waals surface area contributed by atoms with Crippen LogP contribution in [-0.2, 0) is 0 Å². The van der Waals surface area contributed by atoms with Crippen LogP contribution in [0, 0.1) is 28.6 Å². The number of alkyl halides is 1. The molecule has 0 radical (unpaired) electrons. The van der Waals surface area contributed by atoms with Gasteiger partial charge >= 0.3 is 0 Å². The summed E-state index contributed by atoms with van der Waals surface area (Å²) in [5, 5.41) is 21.0. The van der Waals surface area contributed by atoms with Crippen molar-refractivity contribution in [3.8, 4) is 0 Å². The lowest BCUT2D eigenvalue weighted by molar-refractivity contribution is -0.0825. The zero-order valence-corrected chi connectivity index (χ0v) is 15.3. The van der Waals surface area contributed by atoms with Gasteiger partial charge in [0, 0.05) is 4.83 Å². The van der Waals surface area contributed by atoms with E-state index in [2.05, 4.69) is 35.9 Å². The van der Waals surface area contributed by atoms with Crippen molar-refractivity contribution in [1.82, 2.24) is 0 Å². The monoisotopic (exact) mass is 368 g/mol. The van der Waals surface area contributed by atoms with Crippen LogP contribution in [0.4, 0.5) is 0 Å². The van der Waals surface area contributed by atoms with E-state index in [9.17, 15) is 10.2 Å². The smallest absolute Gasteiger partial charge is 0.0757 e. The molecular formula is C19H29BrO2. The fourth-order valence-corrected chi connectivity index (χ4v) is 7.74. The number of aliphatic hydroxyl groups is 2. The largest absolute Gasteiger partial charge is 0.393 e. The summed E-state index contributed by atoms with van der Waals surface area (Å²) in [6.45, 7) is 4.87. The quantitative estimate of drug-likeness (QED) is 0.500. The average molecular weight is 369 g/mol. The van der Waals surface area contributed by atoms with E-state index in [1.165, 1.54) is 31.3 Å². The summed E-state index contributed by atoms with van der Waals surface area (Å²) in [5.74, 6) is 1.67. The van der Waals surface area contributed by atoms with Crippen molar-refractivity contribution in [2.45, 2.75) is 75.8 Å². The normalized spacial score (nSPS) is 57.6. The van der Waals surface area contributed by atoms with Crippen molar-refractivity contribution >= 4 is 15.9 Å². The molecule has 0 aromatic rings. The van der Waals surface area contributed by atoms with Gasteiger partial charge in [0.1, 0.15) is 0 Å². The van der Waals surface area contributed by atoms with Gasteiger partial charge in [-0.25, -0.2) is 0 Å². The fourth-order valence-electron chi connectivity index (χ4n) is 6.60. The molecule has 0 amide bonds. The zero-order chi connectivity index (χ0) is 15.7. The van der Waals surface area contributed by atoms with Crippen molar-refractivity contribution in [3.05, 3.63) is 11.6 Å². The third-order valence-corrected chi connectivity index (χ3v) is 8.52. The van der Waals surface area contributed by atoms with Gasteiger partial charge in [0.15, 0.2) is 0 Å². The molecule has 3 fully saturated rings. The number of fused-ring (bicyclic) bond motifs is 5. The first-order valence-corrected chi connectivity index (χ1v) is 9.96. The Kier molecular flexibility index (Phi) is 3.61. The van der Waals surface area contributed by atoms with Crippen molar-refractivity contribution in [2.24, 2.45) is 28.6 Å².